The van der Waals surface area contributed by atoms with Gasteiger partial charge < -0.3 is 16.2 Å². The third kappa shape index (κ3) is 6.34. The molecule has 2 saturated carbocycles. The molecule has 0 heterocycles. The zero-order valence-corrected chi connectivity index (χ0v) is 31.8. The molecule has 0 saturated heterocycles. The number of rotatable bonds is 8. The van der Waals surface area contributed by atoms with Gasteiger partial charge in [-0.25, -0.2) is 0 Å². The Morgan fingerprint density at radius 3 is 1.82 bits per heavy atom. The first kappa shape index (κ1) is 37.2. The van der Waals surface area contributed by atoms with Gasteiger partial charge in [0.15, 0.2) is 5.78 Å². The fourth-order valence-electron chi connectivity index (χ4n) is 11.1. The fourth-order valence-corrected chi connectivity index (χ4v) is 11.1. The number of anilines is 1. The summed E-state index contributed by atoms with van der Waals surface area (Å²) in [5.41, 5.74) is 9.53. The van der Waals surface area contributed by atoms with Crippen molar-refractivity contribution in [1.29, 1.82) is 0 Å². The van der Waals surface area contributed by atoms with Crippen LogP contribution in [0, 0.1) is 34.5 Å². The first-order chi connectivity index (χ1) is 23.9. The van der Waals surface area contributed by atoms with Gasteiger partial charge in [0.1, 0.15) is 5.75 Å². The number of carbonyl (C=O) groups is 4. The maximum Gasteiger partial charge on any atom is 0.232 e. The van der Waals surface area contributed by atoms with E-state index in [-0.39, 0.29) is 64.3 Å². The third-order valence-electron chi connectivity index (χ3n) is 14.3. The molecule has 0 aromatic heterocycles. The molecule has 4 aliphatic rings. The molecule has 8 nitrogen and oxygen atoms in total. The highest BCUT2D eigenvalue weighted by molar-refractivity contribution is 6.01. The molecule has 0 bridgehead atoms. The van der Waals surface area contributed by atoms with Crippen molar-refractivity contribution < 1.29 is 24.3 Å². The second kappa shape index (κ2) is 13.5. The minimum atomic E-state index is -0.733. The largest absolute Gasteiger partial charge is 0.508 e. The van der Waals surface area contributed by atoms with Crippen LogP contribution in [0.3, 0.4) is 0 Å². The van der Waals surface area contributed by atoms with Crippen molar-refractivity contribution in [3.8, 4) is 5.75 Å². The van der Waals surface area contributed by atoms with Gasteiger partial charge in [0.2, 0.25) is 17.7 Å². The molecule has 51 heavy (non-hydrogen) atoms. The van der Waals surface area contributed by atoms with Crippen LogP contribution >= 0.6 is 0 Å². The predicted molar refractivity (Wildman–Crippen MR) is 200 cm³/mol. The number of fused-ring (bicyclic) bond motifs is 6. The molecule has 0 spiro atoms. The molecule has 8 atom stereocenters. The molecule has 6 rings (SSSR count). The highest BCUT2D eigenvalue weighted by atomic mass is 16.3. The minimum Gasteiger partial charge on any atom is -0.508 e. The van der Waals surface area contributed by atoms with E-state index in [1.807, 2.05) is 32.0 Å². The smallest absolute Gasteiger partial charge is 0.232 e. The number of Topliss-reactive ketones (excluding diaryl/α,β-unsaturated/α-hetero) is 1. The number of phenolic OH excluding ortho intramolecular Hbond substituents is 1. The number of imide groups is 1. The van der Waals surface area contributed by atoms with Gasteiger partial charge in [-0.05, 0) is 126 Å². The van der Waals surface area contributed by atoms with E-state index in [1.54, 1.807) is 13.0 Å². The van der Waals surface area contributed by atoms with E-state index in [4.69, 9.17) is 5.73 Å². The first-order valence-corrected chi connectivity index (χ1v) is 19.3. The number of aryl methyl sites for hydroxylation is 2. The van der Waals surface area contributed by atoms with Gasteiger partial charge in [0.25, 0.3) is 0 Å². The molecule has 8 heteroatoms. The highest BCUT2D eigenvalue weighted by Crippen LogP contribution is 2.59. The summed E-state index contributed by atoms with van der Waals surface area (Å²) >= 11 is 0. The van der Waals surface area contributed by atoms with E-state index in [1.165, 1.54) is 11.1 Å². The van der Waals surface area contributed by atoms with Crippen molar-refractivity contribution in [2.75, 3.05) is 5.32 Å². The molecule has 5 N–H and O–H groups in total. The van der Waals surface area contributed by atoms with E-state index in [0.717, 1.165) is 68.9 Å². The van der Waals surface area contributed by atoms with Gasteiger partial charge in [0, 0.05) is 18.0 Å². The summed E-state index contributed by atoms with van der Waals surface area (Å²) in [4.78, 5) is 54.7. The lowest BCUT2D eigenvalue weighted by Crippen LogP contribution is -2.60. The van der Waals surface area contributed by atoms with Crippen LogP contribution in [0.25, 0.3) is 0 Å². The number of ketones is 1. The van der Waals surface area contributed by atoms with Crippen LogP contribution in [0.5, 0.6) is 5.75 Å². The second-order valence-corrected chi connectivity index (χ2v) is 17.9. The SMILES string of the molecule is CC(C)[C@H](N)C(=O)C[C@@H](C)C(=O)Nc1ccc2c(c1)[C@@]1(C)CCC[C@](C)(C(=O)NC(=O)[C@@]3(C)CCC[C@]4(C)c5cc(O)ccc5CC[C@@H]34)[C@@H]1CC2. The van der Waals surface area contributed by atoms with Gasteiger partial charge in [0.05, 0.1) is 16.9 Å². The lowest BCUT2D eigenvalue weighted by atomic mass is 9.49. The van der Waals surface area contributed by atoms with Crippen LogP contribution in [0.2, 0.25) is 0 Å². The van der Waals surface area contributed by atoms with E-state index in [9.17, 15) is 24.3 Å². The normalized spacial score (nSPS) is 32.3. The average Bonchev–Trinajstić information content (AvgIpc) is 3.08. The van der Waals surface area contributed by atoms with Crippen LogP contribution in [0.4, 0.5) is 5.69 Å². The topological polar surface area (TPSA) is 139 Å². The maximum absolute atomic E-state index is 14.5. The summed E-state index contributed by atoms with van der Waals surface area (Å²) in [6.45, 7) is 14.2. The molecule has 4 aliphatic carbocycles. The van der Waals surface area contributed by atoms with Gasteiger partial charge >= 0.3 is 0 Å². The fraction of sp³-hybridized carbons (Fsp3) is 0.628. The molecule has 0 radical (unpaired) electrons. The van der Waals surface area contributed by atoms with Crippen molar-refractivity contribution in [2.24, 2.45) is 40.2 Å². The van der Waals surface area contributed by atoms with E-state index >= 15 is 0 Å². The standard InChI is InChI=1S/C43H59N3O5/c1-25(2)36(44)33(48)22-26(3)37(49)45-29-14-10-27-12-16-34-40(4,31(27)23-29)18-8-20-42(34,6)38(50)46-39(51)43(7)21-9-19-41(5)32-24-30(47)15-11-28(32)13-17-35(41)43/h10-11,14-15,23-26,34-36,47H,8-9,12-13,16-22,44H2,1-7H3,(H,45,49)(H,46,50,51)/t26-,34-,35-,36+,40-,41-,42+,43+/m1/s1. The molecule has 276 valence electrons. The maximum atomic E-state index is 14.5. The Morgan fingerprint density at radius 1 is 0.784 bits per heavy atom. The summed E-state index contributed by atoms with van der Waals surface area (Å²) in [5, 5.41) is 16.5. The van der Waals surface area contributed by atoms with Crippen molar-refractivity contribution in [1.82, 2.24) is 5.32 Å². The van der Waals surface area contributed by atoms with E-state index < -0.39 is 22.8 Å². The van der Waals surface area contributed by atoms with Crippen LogP contribution in [-0.4, -0.2) is 34.7 Å². The number of nitrogens with one attached hydrogen (secondary N) is 2. The number of amides is 3. The van der Waals surface area contributed by atoms with Gasteiger partial charge in [-0.3, -0.25) is 24.5 Å². The molecule has 2 aromatic rings. The van der Waals surface area contributed by atoms with Crippen LogP contribution in [-0.2, 0) is 42.8 Å². The third-order valence-corrected chi connectivity index (χ3v) is 14.3. The van der Waals surface area contributed by atoms with Gasteiger partial charge in [-0.1, -0.05) is 73.4 Å². The Hall–Kier alpha value is -3.52. The second-order valence-electron chi connectivity index (χ2n) is 17.9. The summed E-state index contributed by atoms with van der Waals surface area (Å²) in [7, 11) is 0. The van der Waals surface area contributed by atoms with Crippen molar-refractivity contribution in [3.63, 3.8) is 0 Å². The monoisotopic (exact) mass is 697 g/mol. The number of hydrogen-bond acceptors (Lipinski definition) is 6. The van der Waals surface area contributed by atoms with Gasteiger partial charge in [-0.15, -0.1) is 0 Å². The molecule has 0 unspecified atom stereocenters. The number of phenols is 1. The highest BCUT2D eigenvalue weighted by Gasteiger charge is 2.58. The Kier molecular flexibility index (Phi) is 9.84. The van der Waals surface area contributed by atoms with Gasteiger partial charge in [-0.2, -0.15) is 0 Å². The Labute approximate surface area is 304 Å². The number of aromatic hydroxyl groups is 1. The summed E-state index contributed by atoms with van der Waals surface area (Å²) in [6.07, 6.45) is 8.56. The zero-order chi connectivity index (χ0) is 37.1. The van der Waals surface area contributed by atoms with E-state index in [0.29, 0.717) is 12.1 Å². The predicted octanol–water partition coefficient (Wildman–Crippen LogP) is 7.27. The van der Waals surface area contributed by atoms with Crippen LogP contribution < -0.4 is 16.4 Å². The molecular formula is C43H59N3O5. The van der Waals surface area contributed by atoms with Crippen LogP contribution in [0.15, 0.2) is 36.4 Å². The van der Waals surface area contributed by atoms with Crippen molar-refractivity contribution in [3.05, 3.63) is 58.7 Å². The van der Waals surface area contributed by atoms with Crippen molar-refractivity contribution >= 4 is 29.2 Å². The average molecular weight is 698 g/mol. The molecular weight excluding hydrogens is 638 g/mol. The Morgan fingerprint density at radius 2 is 1.29 bits per heavy atom. The summed E-state index contributed by atoms with van der Waals surface area (Å²) in [5.74, 6) is -0.813. The molecule has 2 fully saturated rings. The zero-order valence-electron chi connectivity index (χ0n) is 31.8. The number of carbonyl (C=O) groups excluding carboxylic acids is 4. The molecule has 3 amide bonds. The molecule has 2 aromatic carbocycles. The summed E-state index contributed by atoms with van der Waals surface area (Å²) in [6, 6.07) is 11.2. The number of hydrogen-bond donors (Lipinski definition) is 4. The first-order valence-electron chi connectivity index (χ1n) is 19.3. The molecule has 0 aliphatic heterocycles. The number of nitrogens with two attached hydrogens (primary N) is 1. The Balaban J connectivity index is 1.20. The lowest BCUT2D eigenvalue weighted by molar-refractivity contribution is -0.150. The lowest BCUT2D eigenvalue weighted by Gasteiger charge is -2.56. The van der Waals surface area contributed by atoms with E-state index in [2.05, 4.69) is 50.5 Å². The minimum absolute atomic E-state index is 0.0147. The van der Waals surface area contributed by atoms with Crippen LogP contribution in [0.1, 0.15) is 129 Å². The quantitative estimate of drug-likeness (QED) is 0.214. The summed E-state index contributed by atoms with van der Waals surface area (Å²) < 4.78 is 0. The number of benzene rings is 2. The van der Waals surface area contributed by atoms with Crippen molar-refractivity contribution in [2.45, 2.75) is 136 Å². The Bertz CT molecular complexity index is 1740.